The van der Waals surface area contributed by atoms with Gasteiger partial charge in [-0.1, -0.05) is 23.2 Å². The van der Waals surface area contributed by atoms with E-state index in [1.54, 1.807) is 12.1 Å². The zero-order valence-corrected chi connectivity index (χ0v) is 12.6. The molecule has 0 aliphatic heterocycles. The highest BCUT2D eigenvalue weighted by molar-refractivity contribution is 9.10. The van der Waals surface area contributed by atoms with Gasteiger partial charge in [-0.2, -0.15) is 0 Å². The molecule has 2 aromatic carbocycles. The molecule has 0 saturated heterocycles. The Hall–Kier alpha value is -0.840. The molecular weight excluding hydrogens is 359 g/mol. The number of benzene rings is 2. The Morgan fingerprint density at radius 3 is 2.26 bits per heavy atom. The summed E-state index contributed by atoms with van der Waals surface area (Å²) >= 11 is 15.3. The van der Waals surface area contributed by atoms with Crippen molar-refractivity contribution in [1.29, 1.82) is 0 Å². The van der Waals surface area contributed by atoms with Gasteiger partial charge in [0.25, 0.3) is 0 Å². The van der Waals surface area contributed by atoms with E-state index < -0.39 is 11.6 Å². The first kappa shape index (κ1) is 14.6. The molecule has 100 valence electrons. The molecule has 2 aromatic rings. The Kier molecular flexibility index (Phi) is 4.66. The predicted octanol–water partition coefficient (Wildman–Crippen LogP) is 5.65. The van der Waals surface area contributed by atoms with Gasteiger partial charge in [0.05, 0.1) is 15.7 Å². The molecule has 0 aromatic heterocycles. The molecule has 1 nitrogen and oxygen atoms in total. The quantitative estimate of drug-likeness (QED) is 0.692. The lowest BCUT2D eigenvalue weighted by atomic mass is 10.2. The largest absolute Gasteiger partial charge is 0.380 e. The summed E-state index contributed by atoms with van der Waals surface area (Å²) in [4.78, 5) is 0. The highest BCUT2D eigenvalue weighted by Gasteiger charge is 2.08. The zero-order chi connectivity index (χ0) is 14.0. The fourth-order valence-electron chi connectivity index (χ4n) is 1.57. The monoisotopic (exact) mass is 365 g/mol. The topological polar surface area (TPSA) is 12.0 Å². The van der Waals surface area contributed by atoms with Crippen molar-refractivity contribution in [2.45, 2.75) is 6.54 Å². The van der Waals surface area contributed by atoms with E-state index in [-0.39, 0.29) is 6.54 Å². The third-order valence-corrected chi connectivity index (χ3v) is 4.21. The zero-order valence-electron chi connectivity index (χ0n) is 9.48. The van der Waals surface area contributed by atoms with Crippen LogP contribution in [0.25, 0.3) is 0 Å². The molecule has 2 rings (SSSR count). The lowest BCUT2D eigenvalue weighted by molar-refractivity contribution is 0.580. The van der Waals surface area contributed by atoms with Gasteiger partial charge in [-0.25, -0.2) is 8.78 Å². The lowest BCUT2D eigenvalue weighted by Gasteiger charge is -2.10. The van der Waals surface area contributed by atoms with Crippen molar-refractivity contribution >= 4 is 44.8 Å². The van der Waals surface area contributed by atoms with Crippen molar-refractivity contribution in [3.63, 3.8) is 0 Å². The molecule has 6 heteroatoms. The van der Waals surface area contributed by atoms with E-state index in [0.717, 1.165) is 6.07 Å². The van der Waals surface area contributed by atoms with E-state index in [9.17, 15) is 8.78 Å². The Labute approximate surface area is 127 Å². The van der Waals surface area contributed by atoms with Crippen molar-refractivity contribution in [2.24, 2.45) is 0 Å². The number of hydrogen-bond donors (Lipinski definition) is 1. The van der Waals surface area contributed by atoms with Crippen LogP contribution in [0, 0.1) is 11.6 Å². The molecule has 19 heavy (non-hydrogen) atoms. The smallest absolute Gasteiger partial charge is 0.126 e. The van der Waals surface area contributed by atoms with E-state index in [0.29, 0.717) is 25.8 Å². The second-order valence-corrected chi connectivity index (χ2v) is 5.46. The third-order valence-electron chi connectivity index (χ3n) is 2.44. The average molecular weight is 367 g/mol. The van der Waals surface area contributed by atoms with Crippen LogP contribution in [0.5, 0.6) is 0 Å². The van der Waals surface area contributed by atoms with Crippen LogP contribution in [-0.2, 0) is 6.54 Å². The van der Waals surface area contributed by atoms with Crippen molar-refractivity contribution in [1.82, 2.24) is 0 Å². The minimum absolute atomic E-state index is 0.242. The summed E-state index contributed by atoms with van der Waals surface area (Å²) in [6, 6.07) is 6.80. The minimum Gasteiger partial charge on any atom is -0.380 e. The van der Waals surface area contributed by atoms with Gasteiger partial charge in [0.1, 0.15) is 11.6 Å². The summed E-state index contributed by atoms with van der Waals surface area (Å²) < 4.78 is 26.7. The molecular formula is C13H8BrCl2F2N. The van der Waals surface area contributed by atoms with Crippen LogP contribution in [-0.4, -0.2) is 0 Å². The third kappa shape index (κ3) is 3.59. The molecule has 0 atom stereocenters. The van der Waals surface area contributed by atoms with E-state index in [2.05, 4.69) is 21.2 Å². The highest BCUT2D eigenvalue weighted by atomic mass is 79.9. The first-order chi connectivity index (χ1) is 8.97. The van der Waals surface area contributed by atoms with Crippen LogP contribution >= 0.6 is 39.1 Å². The molecule has 0 bridgehead atoms. The number of nitrogens with one attached hydrogen (secondary N) is 1. The summed E-state index contributed by atoms with van der Waals surface area (Å²) in [6.45, 7) is 0.242. The van der Waals surface area contributed by atoms with Gasteiger partial charge >= 0.3 is 0 Å². The van der Waals surface area contributed by atoms with Crippen LogP contribution in [0.3, 0.4) is 0 Å². The van der Waals surface area contributed by atoms with Gasteiger partial charge in [0, 0.05) is 17.1 Å². The Morgan fingerprint density at radius 2 is 1.63 bits per heavy atom. The maximum Gasteiger partial charge on any atom is 0.126 e. The van der Waals surface area contributed by atoms with E-state index in [1.165, 1.54) is 12.1 Å². The molecule has 0 saturated carbocycles. The van der Waals surface area contributed by atoms with Gasteiger partial charge in [-0.05, 0) is 45.8 Å². The number of anilines is 1. The molecule has 0 heterocycles. The molecule has 1 N–H and O–H groups in total. The lowest BCUT2D eigenvalue weighted by Crippen LogP contribution is -2.01. The molecule has 0 radical (unpaired) electrons. The van der Waals surface area contributed by atoms with Crippen LogP contribution < -0.4 is 5.32 Å². The van der Waals surface area contributed by atoms with Gasteiger partial charge in [-0.15, -0.1) is 0 Å². The van der Waals surface area contributed by atoms with Gasteiger partial charge in [-0.3, -0.25) is 0 Å². The Bertz CT molecular complexity index is 600. The number of hydrogen-bond acceptors (Lipinski definition) is 1. The second kappa shape index (κ2) is 6.07. The second-order valence-electron chi connectivity index (χ2n) is 3.85. The summed E-state index contributed by atoms with van der Waals surface area (Å²) in [5.41, 5.74) is 1.08. The Morgan fingerprint density at radius 1 is 1.00 bits per heavy atom. The van der Waals surface area contributed by atoms with E-state index in [1.807, 2.05) is 0 Å². The molecule has 0 unspecified atom stereocenters. The standard InChI is InChI=1S/C13H8BrCl2F2N/c14-10-1-2-11(13(16)12(10)15)19-6-7-3-8(17)5-9(18)4-7/h1-5,19H,6H2. The normalized spacial score (nSPS) is 10.6. The predicted molar refractivity (Wildman–Crippen MR) is 77.8 cm³/mol. The maximum absolute atomic E-state index is 13.0. The van der Waals surface area contributed by atoms with Crippen molar-refractivity contribution < 1.29 is 8.78 Å². The van der Waals surface area contributed by atoms with E-state index >= 15 is 0 Å². The number of halogens is 5. The fourth-order valence-corrected chi connectivity index (χ4v) is 2.41. The number of rotatable bonds is 3. The van der Waals surface area contributed by atoms with Gasteiger partial charge < -0.3 is 5.32 Å². The van der Waals surface area contributed by atoms with Crippen LogP contribution in [0.2, 0.25) is 10.0 Å². The van der Waals surface area contributed by atoms with Crippen LogP contribution in [0.4, 0.5) is 14.5 Å². The summed E-state index contributed by atoms with van der Waals surface area (Å²) in [6.07, 6.45) is 0. The maximum atomic E-state index is 13.0. The average Bonchev–Trinajstić information content (AvgIpc) is 2.34. The molecule has 0 amide bonds. The molecule has 0 spiro atoms. The van der Waals surface area contributed by atoms with Gasteiger partial charge in [0.2, 0.25) is 0 Å². The SMILES string of the molecule is Fc1cc(F)cc(CNc2ccc(Br)c(Cl)c2Cl)c1. The molecule has 0 aliphatic rings. The van der Waals surface area contributed by atoms with Gasteiger partial charge in [0.15, 0.2) is 0 Å². The first-order valence-corrected chi connectivity index (χ1v) is 6.84. The summed E-state index contributed by atoms with van der Waals surface area (Å²) in [7, 11) is 0. The van der Waals surface area contributed by atoms with Crippen molar-refractivity contribution in [2.75, 3.05) is 5.32 Å². The molecule has 0 aliphatic carbocycles. The summed E-state index contributed by atoms with van der Waals surface area (Å²) in [5, 5.41) is 3.72. The highest BCUT2D eigenvalue weighted by Crippen LogP contribution is 2.35. The molecule has 0 fully saturated rings. The van der Waals surface area contributed by atoms with Crippen LogP contribution in [0.15, 0.2) is 34.8 Å². The van der Waals surface area contributed by atoms with E-state index in [4.69, 9.17) is 23.2 Å². The van der Waals surface area contributed by atoms with Crippen molar-refractivity contribution in [3.05, 3.63) is 62.0 Å². The summed E-state index contributed by atoms with van der Waals surface area (Å²) in [5.74, 6) is -1.23. The minimum atomic E-state index is -0.614. The first-order valence-electron chi connectivity index (χ1n) is 5.29. The Balaban J connectivity index is 2.17. The van der Waals surface area contributed by atoms with Crippen LogP contribution in [0.1, 0.15) is 5.56 Å². The fraction of sp³-hybridized carbons (Fsp3) is 0.0769. The van der Waals surface area contributed by atoms with Crippen molar-refractivity contribution in [3.8, 4) is 0 Å².